The first kappa shape index (κ1) is 19.4. The third kappa shape index (κ3) is 4.14. The molecule has 1 aliphatic heterocycles. The van der Waals surface area contributed by atoms with Gasteiger partial charge in [-0.15, -0.1) is 17.5 Å². The summed E-state index contributed by atoms with van der Waals surface area (Å²) in [4.78, 5) is 15.7. The molecule has 0 bridgehead atoms. The number of benzene rings is 1. The van der Waals surface area contributed by atoms with Crippen molar-refractivity contribution in [3.05, 3.63) is 47.4 Å². The molecule has 8 heteroatoms. The molecule has 2 aromatic heterocycles. The van der Waals surface area contributed by atoms with Crippen molar-refractivity contribution in [3.63, 3.8) is 0 Å². The zero-order valence-corrected chi connectivity index (χ0v) is 16.2. The Labute approximate surface area is 164 Å². The van der Waals surface area contributed by atoms with Crippen LogP contribution in [-0.2, 0) is 6.42 Å². The van der Waals surface area contributed by atoms with Crippen LogP contribution in [0.3, 0.4) is 0 Å². The molecule has 0 radical (unpaired) electrons. The van der Waals surface area contributed by atoms with E-state index in [1.54, 1.807) is 6.20 Å². The SMILES string of the molecule is Cc1cccc2c(CCNC(=O)c3cn(C4CCNCC4)nn3)c[nH]c12.Cl. The molecule has 27 heavy (non-hydrogen) atoms. The van der Waals surface area contributed by atoms with E-state index in [0.29, 0.717) is 18.3 Å². The van der Waals surface area contributed by atoms with E-state index in [2.05, 4.69) is 51.1 Å². The topological polar surface area (TPSA) is 87.6 Å². The largest absolute Gasteiger partial charge is 0.361 e. The number of nitrogens with one attached hydrogen (secondary N) is 3. The smallest absolute Gasteiger partial charge is 0.273 e. The third-order valence-electron chi connectivity index (χ3n) is 5.12. The van der Waals surface area contributed by atoms with E-state index in [-0.39, 0.29) is 18.3 Å². The van der Waals surface area contributed by atoms with Crippen LogP contribution in [0.1, 0.15) is 40.5 Å². The fraction of sp³-hybridized carbons (Fsp3) is 0.421. The maximum absolute atomic E-state index is 12.3. The van der Waals surface area contributed by atoms with Crippen molar-refractivity contribution in [1.29, 1.82) is 0 Å². The fourth-order valence-electron chi connectivity index (χ4n) is 3.60. The Balaban J connectivity index is 0.00000210. The lowest BCUT2D eigenvalue weighted by Crippen LogP contribution is -2.29. The molecule has 144 valence electrons. The highest BCUT2D eigenvalue weighted by molar-refractivity contribution is 5.92. The second-order valence-electron chi connectivity index (χ2n) is 6.88. The lowest BCUT2D eigenvalue weighted by Gasteiger charge is -2.22. The summed E-state index contributed by atoms with van der Waals surface area (Å²) in [6, 6.07) is 6.60. The van der Waals surface area contributed by atoms with E-state index >= 15 is 0 Å². The van der Waals surface area contributed by atoms with Gasteiger partial charge in [-0.1, -0.05) is 23.4 Å². The number of hydrogen-bond acceptors (Lipinski definition) is 4. The number of aromatic nitrogens is 4. The number of piperidine rings is 1. The Hall–Kier alpha value is -2.38. The quantitative estimate of drug-likeness (QED) is 0.626. The number of aryl methyl sites for hydroxylation is 1. The first-order chi connectivity index (χ1) is 12.7. The lowest BCUT2D eigenvalue weighted by molar-refractivity contribution is 0.0949. The number of rotatable bonds is 5. The minimum Gasteiger partial charge on any atom is -0.361 e. The molecule has 1 saturated heterocycles. The molecule has 0 saturated carbocycles. The normalized spacial score (nSPS) is 14.9. The number of para-hydroxylation sites is 1. The zero-order chi connectivity index (χ0) is 17.9. The van der Waals surface area contributed by atoms with Gasteiger partial charge in [-0.05, 0) is 50.4 Å². The van der Waals surface area contributed by atoms with Gasteiger partial charge in [0, 0.05) is 23.6 Å². The molecule has 0 atom stereocenters. The highest BCUT2D eigenvalue weighted by Gasteiger charge is 2.18. The second-order valence-corrected chi connectivity index (χ2v) is 6.88. The first-order valence-corrected chi connectivity index (χ1v) is 9.18. The van der Waals surface area contributed by atoms with Crippen molar-refractivity contribution in [3.8, 4) is 0 Å². The van der Waals surface area contributed by atoms with Gasteiger partial charge in [0.15, 0.2) is 5.69 Å². The summed E-state index contributed by atoms with van der Waals surface area (Å²) in [6.07, 6.45) is 6.60. The van der Waals surface area contributed by atoms with Gasteiger partial charge in [-0.3, -0.25) is 4.79 Å². The third-order valence-corrected chi connectivity index (χ3v) is 5.12. The average Bonchev–Trinajstić information content (AvgIpc) is 3.31. The van der Waals surface area contributed by atoms with Gasteiger partial charge in [0.25, 0.3) is 5.91 Å². The van der Waals surface area contributed by atoms with E-state index < -0.39 is 0 Å². The standard InChI is InChI=1S/C19H24N6O.ClH/c1-13-3-2-4-16-14(11-22-18(13)16)5-10-21-19(26)17-12-25(24-23-17)15-6-8-20-9-7-15;/h2-4,11-12,15,20,22H,5-10H2,1H3,(H,21,26);1H. The molecule has 3 aromatic rings. The molecule has 4 rings (SSSR count). The number of fused-ring (bicyclic) bond motifs is 1. The zero-order valence-electron chi connectivity index (χ0n) is 15.4. The van der Waals surface area contributed by atoms with Crippen molar-refractivity contribution in [2.45, 2.75) is 32.2 Å². The van der Waals surface area contributed by atoms with E-state index in [1.807, 2.05) is 10.9 Å². The van der Waals surface area contributed by atoms with Gasteiger partial charge < -0.3 is 15.6 Å². The Morgan fingerprint density at radius 1 is 1.33 bits per heavy atom. The Bertz CT molecular complexity index is 912. The second kappa shape index (κ2) is 8.54. The summed E-state index contributed by atoms with van der Waals surface area (Å²) in [5, 5.41) is 15.7. The van der Waals surface area contributed by atoms with Crippen LogP contribution in [0.15, 0.2) is 30.6 Å². The van der Waals surface area contributed by atoms with Gasteiger partial charge in [-0.25, -0.2) is 4.68 Å². The number of nitrogens with zero attached hydrogens (tertiary/aromatic N) is 3. The molecular formula is C19H25ClN6O. The number of halogens is 1. The molecule has 0 unspecified atom stereocenters. The number of H-pyrrole nitrogens is 1. The molecule has 1 aromatic carbocycles. The molecule has 1 amide bonds. The molecule has 1 fully saturated rings. The molecule has 1 aliphatic rings. The van der Waals surface area contributed by atoms with E-state index in [9.17, 15) is 4.79 Å². The predicted octanol–water partition coefficient (Wildman–Crippen LogP) is 2.39. The molecule has 7 nitrogen and oxygen atoms in total. The lowest BCUT2D eigenvalue weighted by atomic mass is 10.1. The molecular weight excluding hydrogens is 364 g/mol. The van der Waals surface area contributed by atoms with Crippen molar-refractivity contribution in [1.82, 2.24) is 30.6 Å². The summed E-state index contributed by atoms with van der Waals surface area (Å²) in [6.45, 7) is 4.63. The van der Waals surface area contributed by atoms with Crippen LogP contribution < -0.4 is 10.6 Å². The number of hydrogen-bond donors (Lipinski definition) is 3. The van der Waals surface area contributed by atoms with E-state index in [1.165, 1.54) is 22.0 Å². The Morgan fingerprint density at radius 2 is 2.15 bits per heavy atom. The van der Waals surface area contributed by atoms with Crippen LogP contribution in [0.5, 0.6) is 0 Å². The van der Waals surface area contributed by atoms with Gasteiger partial charge in [-0.2, -0.15) is 0 Å². The van der Waals surface area contributed by atoms with Crippen molar-refractivity contribution in [2.24, 2.45) is 0 Å². The monoisotopic (exact) mass is 388 g/mol. The summed E-state index contributed by atoms with van der Waals surface area (Å²) in [5.74, 6) is -0.166. The van der Waals surface area contributed by atoms with Crippen LogP contribution in [0.4, 0.5) is 0 Å². The summed E-state index contributed by atoms with van der Waals surface area (Å²) >= 11 is 0. The molecule has 3 N–H and O–H groups in total. The number of carbonyl (C=O) groups excluding carboxylic acids is 1. The van der Waals surface area contributed by atoms with Gasteiger partial charge in [0.1, 0.15) is 0 Å². The van der Waals surface area contributed by atoms with Crippen molar-refractivity contribution < 1.29 is 4.79 Å². The molecule has 0 spiro atoms. The number of aromatic amines is 1. The van der Waals surface area contributed by atoms with Crippen molar-refractivity contribution >= 4 is 29.2 Å². The fourth-order valence-corrected chi connectivity index (χ4v) is 3.60. The summed E-state index contributed by atoms with van der Waals surface area (Å²) in [5.41, 5.74) is 3.99. The highest BCUT2D eigenvalue weighted by Crippen LogP contribution is 2.21. The Kier molecular flexibility index (Phi) is 6.13. The van der Waals surface area contributed by atoms with Gasteiger partial charge in [0.2, 0.25) is 0 Å². The highest BCUT2D eigenvalue weighted by atomic mass is 35.5. The number of amides is 1. The van der Waals surface area contributed by atoms with Crippen molar-refractivity contribution in [2.75, 3.05) is 19.6 Å². The molecule has 3 heterocycles. The van der Waals surface area contributed by atoms with Gasteiger partial charge in [0.05, 0.1) is 12.2 Å². The van der Waals surface area contributed by atoms with E-state index in [4.69, 9.17) is 0 Å². The van der Waals surface area contributed by atoms with E-state index in [0.717, 1.165) is 32.4 Å². The summed E-state index contributed by atoms with van der Waals surface area (Å²) < 4.78 is 1.83. The minimum atomic E-state index is -0.166. The Morgan fingerprint density at radius 3 is 2.96 bits per heavy atom. The maximum atomic E-state index is 12.3. The predicted molar refractivity (Wildman–Crippen MR) is 107 cm³/mol. The summed E-state index contributed by atoms with van der Waals surface area (Å²) in [7, 11) is 0. The van der Waals surface area contributed by atoms with Crippen LogP contribution >= 0.6 is 12.4 Å². The van der Waals surface area contributed by atoms with Crippen LogP contribution in [0.2, 0.25) is 0 Å². The average molecular weight is 389 g/mol. The number of carbonyl (C=O) groups is 1. The maximum Gasteiger partial charge on any atom is 0.273 e. The van der Waals surface area contributed by atoms with Crippen LogP contribution in [0, 0.1) is 6.92 Å². The molecule has 0 aliphatic carbocycles. The first-order valence-electron chi connectivity index (χ1n) is 9.18. The minimum absolute atomic E-state index is 0. The van der Waals surface area contributed by atoms with Crippen LogP contribution in [0.25, 0.3) is 10.9 Å². The van der Waals surface area contributed by atoms with Crippen LogP contribution in [-0.4, -0.2) is 45.5 Å². The van der Waals surface area contributed by atoms with Gasteiger partial charge >= 0.3 is 0 Å².